The van der Waals surface area contributed by atoms with Gasteiger partial charge in [-0.1, -0.05) is 0 Å². The van der Waals surface area contributed by atoms with Crippen LogP contribution in [0.5, 0.6) is 0 Å². The molecule has 1 aliphatic rings. The zero-order valence-corrected chi connectivity index (χ0v) is 5.85. The van der Waals surface area contributed by atoms with Crippen LogP contribution in [0.2, 0.25) is 0 Å². The number of quaternary nitrogens is 1. The Balaban J connectivity index is 2.16. The van der Waals surface area contributed by atoms with Gasteiger partial charge in [0.05, 0.1) is 27.7 Å². The van der Waals surface area contributed by atoms with E-state index in [-0.39, 0.29) is 0 Å². The second kappa shape index (κ2) is 1.71. The number of ether oxygens (including phenoxy) is 1. The van der Waals surface area contributed by atoms with Gasteiger partial charge in [0.2, 0.25) is 0 Å². The first-order chi connectivity index (χ1) is 3.58. The van der Waals surface area contributed by atoms with E-state index in [9.17, 15) is 0 Å². The highest BCUT2D eigenvalue weighted by atomic mass is 16.6. The normalized spacial score (nSPS) is 28.1. The fourth-order valence-corrected chi connectivity index (χ4v) is 0.784. The van der Waals surface area contributed by atoms with Crippen molar-refractivity contribution < 1.29 is 9.22 Å². The number of nitrogens with zero attached hydrogens (tertiary/aromatic N) is 1. The molecular weight excluding hydrogens is 102 g/mol. The topological polar surface area (TPSA) is 12.5 Å². The summed E-state index contributed by atoms with van der Waals surface area (Å²) in [5, 5.41) is 0. The molecule has 0 aromatic carbocycles. The van der Waals surface area contributed by atoms with Crippen molar-refractivity contribution in [3.05, 3.63) is 0 Å². The van der Waals surface area contributed by atoms with Gasteiger partial charge in [-0.05, 0) is 0 Å². The zero-order valence-electron chi connectivity index (χ0n) is 5.85. The molecule has 1 heterocycles. The van der Waals surface area contributed by atoms with Crippen molar-refractivity contribution in [2.75, 3.05) is 34.3 Å². The molecule has 0 aromatic rings. The molecule has 0 bridgehead atoms. The third-order valence-electron chi connectivity index (χ3n) is 1.15. The molecule has 48 valence electrons. The van der Waals surface area contributed by atoms with Crippen molar-refractivity contribution in [1.29, 1.82) is 0 Å². The van der Waals surface area contributed by atoms with Crippen molar-refractivity contribution in [3.63, 3.8) is 0 Å². The van der Waals surface area contributed by atoms with Crippen LogP contribution in [0.3, 0.4) is 0 Å². The van der Waals surface area contributed by atoms with Crippen LogP contribution < -0.4 is 0 Å². The molecule has 0 aromatic heterocycles. The molecule has 0 N–H and O–H groups in total. The molecule has 0 radical (unpaired) electrons. The highest BCUT2D eigenvalue weighted by Crippen LogP contribution is 2.11. The average molecular weight is 116 g/mol. The Bertz CT molecular complexity index is 81.0. The Kier molecular flexibility index (Phi) is 1.29. The number of rotatable bonds is 2. The van der Waals surface area contributed by atoms with Crippen LogP contribution >= 0.6 is 0 Å². The molecule has 0 spiro atoms. The fraction of sp³-hybridized carbons (Fsp3) is 1.00. The van der Waals surface area contributed by atoms with Crippen LogP contribution in [-0.2, 0) is 4.74 Å². The van der Waals surface area contributed by atoms with Gasteiger partial charge >= 0.3 is 0 Å². The van der Waals surface area contributed by atoms with E-state index in [0.29, 0.717) is 6.10 Å². The molecule has 1 saturated heterocycles. The number of epoxide rings is 1. The first kappa shape index (κ1) is 6.05. The molecule has 1 aliphatic heterocycles. The number of hydrogen-bond acceptors (Lipinski definition) is 1. The standard InChI is InChI=1S/C6H14NO/c1-7(2,3)4-6-5-8-6/h6H,4-5H2,1-3H3/q+1/t6-/m0/s1. The second-order valence-corrected chi connectivity index (χ2v) is 3.43. The van der Waals surface area contributed by atoms with Crippen molar-refractivity contribution >= 4 is 0 Å². The lowest BCUT2D eigenvalue weighted by Gasteiger charge is -2.22. The van der Waals surface area contributed by atoms with E-state index in [0.717, 1.165) is 17.6 Å². The Morgan fingerprint density at radius 3 is 2.12 bits per heavy atom. The van der Waals surface area contributed by atoms with Crippen molar-refractivity contribution in [2.45, 2.75) is 6.10 Å². The first-order valence-corrected chi connectivity index (χ1v) is 3.00. The Morgan fingerprint density at radius 2 is 2.00 bits per heavy atom. The molecule has 0 unspecified atom stereocenters. The van der Waals surface area contributed by atoms with E-state index in [1.54, 1.807) is 0 Å². The van der Waals surface area contributed by atoms with Gasteiger partial charge in [-0.3, -0.25) is 0 Å². The van der Waals surface area contributed by atoms with Crippen molar-refractivity contribution in [1.82, 2.24) is 0 Å². The van der Waals surface area contributed by atoms with Gasteiger partial charge in [0.15, 0.2) is 0 Å². The van der Waals surface area contributed by atoms with Crippen molar-refractivity contribution in [3.8, 4) is 0 Å². The van der Waals surface area contributed by atoms with Gasteiger partial charge in [0.1, 0.15) is 12.6 Å². The summed E-state index contributed by atoms with van der Waals surface area (Å²) in [5.74, 6) is 0. The molecule has 0 aliphatic carbocycles. The third-order valence-corrected chi connectivity index (χ3v) is 1.15. The van der Waals surface area contributed by atoms with E-state index < -0.39 is 0 Å². The molecule has 1 rings (SSSR count). The summed E-state index contributed by atoms with van der Waals surface area (Å²) in [6.07, 6.45) is 0.565. The Hall–Kier alpha value is -0.0800. The van der Waals surface area contributed by atoms with Gasteiger partial charge in [0, 0.05) is 0 Å². The van der Waals surface area contributed by atoms with Gasteiger partial charge < -0.3 is 9.22 Å². The maximum atomic E-state index is 5.07. The maximum Gasteiger partial charge on any atom is 0.130 e. The van der Waals surface area contributed by atoms with E-state index >= 15 is 0 Å². The Morgan fingerprint density at radius 1 is 1.50 bits per heavy atom. The van der Waals surface area contributed by atoms with Gasteiger partial charge in [-0.2, -0.15) is 0 Å². The summed E-state index contributed by atoms with van der Waals surface area (Å²) in [6.45, 7) is 2.13. The lowest BCUT2D eigenvalue weighted by molar-refractivity contribution is -0.870. The summed E-state index contributed by atoms with van der Waals surface area (Å²) < 4.78 is 6.09. The minimum atomic E-state index is 0.565. The smallest absolute Gasteiger partial charge is 0.130 e. The molecule has 8 heavy (non-hydrogen) atoms. The quantitative estimate of drug-likeness (QED) is 0.368. The first-order valence-electron chi connectivity index (χ1n) is 3.00. The summed E-state index contributed by atoms with van der Waals surface area (Å²) in [7, 11) is 6.55. The van der Waals surface area contributed by atoms with E-state index in [1.807, 2.05) is 0 Å². The molecule has 2 nitrogen and oxygen atoms in total. The monoisotopic (exact) mass is 116 g/mol. The highest BCUT2D eigenvalue weighted by Gasteiger charge is 2.28. The summed E-state index contributed by atoms with van der Waals surface area (Å²) >= 11 is 0. The van der Waals surface area contributed by atoms with Crippen LogP contribution in [0.4, 0.5) is 0 Å². The molecule has 0 amide bonds. The lowest BCUT2D eigenvalue weighted by Crippen LogP contribution is -2.37. The van der Waals surface area contributed by atoms with E-state index in [4.69, 9.17) is 4.74 Å². The van der Waals surface area contributed by atoms with Crippen LogP contribution in [0.1, 0.15) is 0 Å². The minimum absolute atomic E-state index is 0.565. The summed E-state index contributed by atoms with van der Waals surface area (Å²) in [4.78, 5) is 0. The highest BCUT2D eigenvalue weighted by molar-refractivity contribution is 4.66. The van der Waals surface area contributed by atoms with Crippen molar-refractivity contribution in [2.24, 2.45) is 0 Å². The van der Waals surface area contributed by atoms with Crippen LogP contribution in [-0.4, -0.2) is 44.9 Å². The third kappa shape index (κ3) is 2.28. The Labute approximate surface area is 50.6 Å². The lowest BCUT2D eigenvalue weighted by atomic mass is 10.4. The number of hydrogen-bond donors (Lipinski definition) is 0. The summed E-state index contributed by atoms with van der Waals surface area (Å²) in [5.41, 5.74) is 0. The summed E-state index contributed by atoms with van der Waals surface area (Å²) in [6, 6.07) is 0. The minimum Gasteiger partial charge on any atom is -0.367 e. The van der Waals surface area contributed by atoms with Gasteiger partial charge in [-0.15, -0.1) is 0 Å². The average Bonchev–Trinajstić information content (AvgIpc) is 2.12. The van der Waals surface area contributed by atoms with Gasteiger partial charge in [0.25, 0.3) is 0 Å². The molecule has 1 atom stereocenters. The predicted octanol–water partition coefficient (Wildman–Crippen LogP) is 0.0914. The molecule has 2 heteroatoms. The molecular formula is C6H14NO+. The van der Waals surface area contributed by atoms with Crippen LogP contribution in [0, 0.1) is 0 Å². The fourth-order valence-electron chi connectivity index (χ4n) is 0.784. The van der Waals surface area contributed by atoms with E-state index in [2.05, 4.69) is 21.1 Å². The molecule has 0 saturated carbocycles. The van der Waals surface area contributed by atoms with Gasteiger partial charge in [-0.25, -0.2) is 0 Å². The number of likely N-dealkylation sites (N-methyl/N-ethyl adjacent to an activating group) is 1. The second-order valence-electron chi connectivity index (χ2n) is 3.43. The largest absolute Gasteiger partial charge is 0.367 e. The van der Waals surface area contributed by atoms with Crippen LogP contribution in [0.25, 0.3) is 0 Å². The predicted molar refractivity (Wildman–Crippen MR) is 32.6 cm³/mol. The zero-order chi connectivity index (χ0) is 6.20. The SMILES string of the molecule is C[N+](C)(C)C[C@H]1CO1. The van der Waals surface area contributed by atoms with E-state index in [1.165, 1.54) is 0 Å². The maximum absolute atomic E-state index is 5.07. The van der Waals surface area contributed by atoms with Crippen LogP contribution in [0.15, 0.2) is 0 Å². The molecule has 1 fully saturated rings.